The van der Waals surface area contributed by atoms with Crippen LogP contribution in [0.1, 0.15) is 17.5 Å². The summed E-state index contributed by atoms with van der Waals surface area (Å²) in [4.78, 5) is 29.2. The molecule has 0 spiro atoms. The highest BCUT2D eigenvalue weighted by Gasteiger charge is 2.50. The van der Waals surface area contributed by atoms with Crippen LogP contribution in [0, 0.1) is 5.92 Å². The van der Waals surface area contributed by atoms with Crippen LogP contribution in [0.3, 0.4) is 0 Å². The van der Waals surface area contributed by atoms with Crippen LogP contribution < -0.4 is 5.73 Å². The monoisotopic (exact) mass is 365 g/mol. The predicted molar refractivity (Wildman–Crippen MR) is 106 cm³/mol. The van der Waals surface area contributed by atoms with Gasteiger partial charge >= 0.3 is 0 Å². The number of primary amides is 1. The van der Waals surface area contributed by atoms with Crippen molar-refractivity contribution in [1.82, 2.24) is 9.80 Å². The minimum atomic E-state index is -0.949. The van der Waals surface area contributed by atoms with Crippen molar-refractivity contribution >= 4 is 11.8 Å². The second-order valence-electron chi connectivity index (χ2n) is 7.47. The minimum Gasteiger partial charge on any atom is -0.369 e. The van der Waals surface area contributed by atoms with Crippen molar-refractivity contribution in [2.45, 2.75) is 11.8 Å². The quantitative estimate of drug-likeness (QED) is 0.850. The van der Waals surface area contributed by atoms with E-state index in [2.05, 4.69) is 0 Å². The second kappa shape index (κ2) is 7.92. The first-order chi connectivity index (χ1) is 13.0. The van der Waals surface area contributed by atoms with Gasteiger partial charge in [-0.15, -0.1) is 0 Å². The lowest BCUT2D eigenvalue weighted by molar-refractivity contribution is -0.131. The molecule has 5 nitrogen and oxygen atoms in total. The summed E-state index contributed by atoms with van der Waals surface area (Å²) in [5, 5.41) is 0. The lowest BCUT2D eigenvalue weighted by Crippen LogP contribution is -2.49. The van der Waals surface area contributed by atoms with E-state index >= 15 is 0 Å². The van der Waals surface area contributed by atoms with Gasteiger partial charge in [0.05, 0.1) is 6.54 Å². The summed E-state index contributed by atoms with van der Waals surface area (Å²) in [7, 11) is 3.76. The second-order valence-corrected chi connectivity index (χ2v) is 7.47. The zero-order valence-electron chi connectivity index (χ0n) is 16.0. The van der Waals surface area contributed by atoms with Crippen LogP contribution in [0.25, 0.3) is 0 Å². The number of amides is 2. The molecule has 1 atom stereocenters. The summed E-state index contributed by atoms with van der Waals surface area (Å²) >= 11 is 0. The van der Waals surface area contributed by atoms with Gasteiger partial charge in [-0.2, -0.15) is 0 Å². The summed E-state index contributed by atoms with van der Waals surface area (Å²) in [6.45, 7) is 1.54. The summed E-state index contributed by atoms with van der Waals surface area (Å²) < 4.78 is 0. The summed E-state index contributed by atoms with van der Waals surface area (Å²) in [6, 6.07) is 19.4. The third-order valence-electron chi connectivity index (χ3n) is 5.45. The number of nitrogens with two attached hydrogens (primary N) is 1. The van der Waals surface area contributed by atoms with Crippen molar-refractivity contribution in [1.29, 1.82) is 0 Å². The fourth-order valence-corrected chi connectivity index (χ4v) is 4.24. The molecule has 27 heavy (non-hydrogen) atoms. The van der Waals surface area contributed by atoms with Crippen LogP contribution >= 0.6 is 0 Å². The molecule has 0 radical (unpaired) electrons. The summed E-state index contributed by atoms with van der Waals surface area (Å²) in [5.74, 6) is -0.347. The number of benzene rings is 2. The van der Waals surface area contributed by atoms with Gasteiger partial charge < -0.3 is 15.5 Å². The van der Waals surface area contributed by atoms with E-state index in [-0.39, 0.29) is 17.7 Å². The maximum Gasteiger partial charge on any atom is 0.236 e. The molecule has 0 bridgehead atoms. The maximum atomic E-state index is 13.0. The number of carbonyl (C=O) groups excluding carboxylic acids is 2. The van der Waals surface area contributed by atoms with Gasteiger partial charge in [0.1, 0.15) is 5.41 Å². The van der Waals surface area contributed by atoms with Gasteiger partial charge in [-0.3, -0.25) is 9.59 Å². The normalized spacial score (nSPS) is 17.3. The summed E-state index contributed by atoms with van der Waals surface area (Å²) in [5.41, 5.74) is 6.89. The number of likely N-dealkylation sites (tertiary alicyclic amines) is 1. The molecule has 1 aliphatic rings. The number of hydrogen-bond donors (Lipinski definition) is 1. The SMILES string of the molecule is CN(C)CC(=O)N1CCC(C(C(N)=O)(c2ccccc2)c2ccccc2)C1. The fraction of sp³-hybridized carbons (Fsp3) is 0.364. The van der Waals surface area contributed by atoms with Crippen molar-refractivity contribution in [2.24, 2.45) is 11.7 Å². The number of likely N-dealkylation sites (N-methyl/N-ethyl adjacent to an activating group) is 1. The Morgan fingerprint density at radius 3 is 2.00 bits per heavy atom. The highest BCUT2D eigenvalue weighted by Crippen LogP contribution is 2.43. The summed E-state index contributed by atoms with van der Waals surface area (Å²) in [6.07, 6.45) is 0.742. The molecular formula is C22H27N3O2. The topological polar surface area (TPSA) is 66.6 Å². The molecule has 1 saturated heterocycles. The Morgan fingerprint density at radius 1 is 1.04 bits per heavy atom. The number of nitrogens with zero attached hydrogens (tertiary/aromatic N) is 2. The molecule has 1 heterocycles. The van der Waals surface area contributed by atoms with E-state index in [4.69, 9.17) is 5.73 Å². The molecule has 5 heteroatoms. The van der Waals surface area contributed by atoms with E-state index in [1.165, 1.54) is 0 Å². The Hall–Kier alpha value is -2.66. The molecule has 0 aromatic heterocycles. The van der Waals surface area contributed by atoms with Gasteiger partial charge in [0, 0.05) is 19.0 Å². The van der Waals surface area contributed by atoms with Crippen LogP contribution in [0.2, 0.25) is 0 Å². The van der Waals surface area contributed by atoms with Gasteiger partial charge in [0.15, 0.2) is 0 Å². The molecule has 0 saturated carbocycles. The van der Waals surface area contributed by atoms with E-state index < -0.39 is 5.41 Å². The minimum absolute atomic E-state index is 0.0640. The van der Waals surface area contributed by atoms with Gasteiger partial charge in [-0.05, 0) is 31.6 Å². The zero-order valence-corrected chi connectivity index (χ0v) is 16.0. The first-order valence-electron chi connectivity index (χ1n) is 9.29. The molecule has 3 rings (SSSR count). The van der Waals surface area contributed by atoms with Crippen LogP contribution in [0.5, 0.6) is 0 Å². The van der Waals surface area contributed by atoms with E-state index in [0.29, 0.717) is 19.6 Å². The van der Waals surface area contributed by atoms with E-state index in [1.807, 2.05) is 84.6 Å². The van der Waals surface area contributed by atoms with E-state index in [1.54, 1.807) is 0 Å². The number of rotatable bonds is 6. The average Bonchev–Trinajstić information content (AvgIpc) is 3.14. The Balaban J connectivity index is 2.04. The van der Waals surface area contributed by atoms with Crippen LogP contribution in [-0.4, -0.2) is 55.3 Å². The molecule has 1 aliphatic heterocycles. The Labute approximate surface area is 160 Å². The van der Waals surface area contributed by atoms with Crippen molar-refractivity contribution in [2.75, 3.05) is 33.7 Å². The zero-order chi connectivity index (χ0) is 19.4. The smallest absolute Gasteiger partial charge is 0.236 e. The average molecular weight is 365 g/mol. The van der Waals surface area contributed by atoms with Gasteiger partial charge in [-0.25, -0.2) is 0 Å². The molecule has 142 valence electrons. The third-order valence-corrected chi connectivity index (χ3v) is 5.45. The first kappa shape index (κ1) is 19.1. The largest absolute Gasteiger partial charge is 0.369 e. The van der Waals surface area contributed by atoms with Gasteiger partial charge in [0.2, 0.25) is 11.8 Å². The molecule has 2 N–H and O–H groups in total. The molecule has 1 fully saturated rings. The Morgan fingerprint density at radius 2 is 1.56 bits per heavy atom. The lowest BCUT2D eigenvalue weighted by Gasteiger charge is -2.37. The van der Waals surface area contributed by atoms with Crippen molar-refractivity contribution in [3.63, 3.8) is 0 Å². The predicted octanol–water partition coefficient (Wildman–Crippen LogP) is 1.87. The Bertz CT molecular complexity index is 750. The molecule has 1 unspecified atom stereocenters. The number of hydrogen-bond acceptors (Lipinski definition) is 3. The van der Waals surface area contributed by atoms with Gasteiger partial charge in [-0.1, -0.05) is 60.7 Å². The Kier molecular flexibility index (Phi) is 5.61. The third kappa shape index (κ3) is 3.60. The highest BCUT2D eigenvalue weighted by molar-refractivity contribution is 5.91. The molecule has 2 aromatic carbocycles. The molecule has 0 aliphatic carbocycles. The fourth-order valence-electron chi connectivity index (χ4n) is 4.24. The van der Waals surface area contributed by atoms with Gasteiger partial charge in [0.25, 0.3) is 0 Å². The van der Waals surface area contributed by atoms with Crippen LogP contribution in [0.15, 0.2) is 60.7 Å². The highest BCUT2D eigenvalue weighted by atomic mass is 16.2. The number of carbonyl (C=O) groups is 2. The van der Waals surface area contributed by atoms with Crippen LogP contribution in [0.4, 0.5) is 0 Å². The van der Waals surface area contributed by atoms with E-state index in [0.717, 1.165) is 17.5 Å². The maximum absolute atomic E-state index is 13.0. The first-order valence-corrected chi connectivity index (χ1v) is 9.29. The van der Waals surface area contributed by atoms with Crippen LogP contribution in [-0.2, 0) is 15.0 Å². The van der Waals surface area contributed by atoms with Crippen molar-refractivity contribution in [3.8, 4) is 0 Å². The molecule has 2 aromatic rings. The van der Waals surface area contributed by atoms with Crippen molar-refractivity contribution in [3.05, 3.63) is 71.8 Å². The van der Waals surface area contributed by atoms with Crippen molar-refractivity contribution < 1.29 is 9.59 Å². The lowest BCUT2D eigenvalue weighted by atomic mass is 9.64. The molecular weight excluding hydrogens is 338 g/mol. The molecule has 2 amide bonds. The van der Waals surface area contributed by atoms with E-state index in [9.17, 15) is 9.59 Å². The standard InChI is InChI=1S/C22H27N3O2/c1-24(2)16-20(26)25-14-13-19(15-25)22(21(23)27,17-9-5-3-6-10-17)18-11-7-4-8-12-18/h3-12,19H,13-16H2,1-2H3,(H2,23,27).